The molecule has 0 amide bonds. The van der Waals surface area contributed by atoms with Crippen LogP contribution in [0.25, 0.3) is 0 Å². The predicted octanol–water partition coefficient (Wildman–Crippen LogP) is 3.36. The first-order valence-electron chi connectivity index (χ1n) is 4.92. The number of hydrogen-bond donors (Lipinski definition) is 2. The first kappa shape index (κ1) is 12.0. The summed E-state index contributed by atoms with van der Waals surface area (Å²) in [6, 6.07) is 5.34. The molecule has 82 valence electrons. The zero-order chi connectivity index (χ0) is 11.3. The van der Waals surface area contributed by atoms with E-state index >= 15 is 0 Å². The molecular weight excluding hydrogens is 258 g/mol. The van der Waals surface area contributed by atoms with Crippen LogP contribution in [0.15, 0.2) is 22.7 Å². The first-order chi connectivity index (χ1) is 7.16. The zero-order valence-electron chi connectivity index (χ0n) is 8.59. The number of aromatic carboxylic acids is 1. The highest BCUT2D eigenvalue weighted by molar-refractivity contribution is 9.10. The fourth-order valence-electron chi connectivity index (χ4n) is 1.29. The van der Waals surface area contributed by atoms with Crippen LogP contribution in [0.4, 0.5) is 5.69 Å². The zero-order valence-corrected chi connectivity index (χ0v) is 10.2. The van der Waals surface area contributed by atoms with Crippen LogP contribution in [0.5, 0.6) is 0 Å². The van der Waals surface area contributed by atoms with Gasteiger partial charge in [0.1, 0.15) is 0 Å². The van der Waals surface area contributed by atoms with Gasteiger partial charge in [0.15, 0.2) is 0 Å². The minimum atomic E-state index is -0.915. The SMILES string of the molecule is CCCCNc1cccc(Br)c1C(=O)O. The molecule has 0 spiro atoms. The van der Waals surface area contributed by atoms with Gasteiger partial charge in [-0.2, -0.15) is 0 Å². The van der Waals surface area contributed by atoms with E-state index < -0.39 is 5.97 Å². The molecule has 1 aromatic carbocycles. The van der Waals surface area contributed by atoms with Gasteiger partial charge in [-0.25, -0.2) is 4.79 Å². The van der Waals surface area contributed by atoms with Crippen LogP contribution in [0.3, 0.4) is 0 Å². The summed E-state index contributed by atoms with van der Waals surface area (Å²) >= 11 is 3.24. The van der Waals surface area contributed by atoms with Gasteiger partial charge in [0.2, 0.25) is 0 Å². The van der Waals surface area contributed by atoms with E-state index in [9.17, 15) is 4.79 Å². The van der Waals surface area contributed by atoms with Crippen molar-refractivity contribution in [3.8, 4) is 0 Å². The van der Waals surface area contributed by atoms with Gasteiger partial charge in [-0.3, -0.25) is 0 Å². The molecule has 0 saturated heterocycles. The van der Waals surface area contributed by atoms with E-state index in [0.717, 1.165) is 19.4 Å². The second-order valence-electron chi connectivity index (χ2n) is 3.25. The van der Waals surface area contributed by atoms with Crippen molar-refractivity contribution in [3.63, 3.8) is 0 Å². The average Bonchev–Trinajstić information content (AvgIpc) is 2.17. The van der Waals surface area contributed by atoms with Gasteiger partial charge in [0, 0.05) is 16.7 Å². The Bertz CT molecular complexity index is 352. The quantitative estimate of drug-likeness (QED) is 0.808. The Morgan fingerprint density at radius 1 is 1.53 bits per heavy atom. The molecule has 0 aliphatic rings. The van der Waals surface area contributed by atoms with Gasteiger partial charge < -0.3 is 10.4 Å². The Morgan fingerprint density at radius 2 is 2.27 bits per heavy atom. The largest absolute Gasteiger partial charge is 0.478 e. The Labute approximate surface area is 97.6 Å². The maximum absolute atomic E-state index is 11.0. The Balaban J connectivity index is 2.86. The molecule has 0 unspecified atom stereocenters. The Morgan fingerprint density at radius 3 is 2.87 bits per heavy atom. The van der Waals surface area contributed by atoms with Crippen LogP contribution in [0.2, 0.25) is 0 Å². The van der Waals surface area contributed by atoms with Crippen molar-refractivity contribution in [3.05, 3.63) is 28.2 Å². The second kappa shape index (κ2) is 5.75. The van der Waals surface area contributed by atoms with Gasteiger partial charge in [-0.1, -0.05) is 19.4 Å². The van der Waals surface area contributed by atoms with Crippen molar-refractivity contribution in [2.75, 3.05) is 11.9 Å². The molecule has 0 heterocycles. The molecule has 4 heteroatoms. The van der Waals surface area contributed by atoms with Crippen molar-refractivity contribution in [1.29, 1.82) is 0 Å². The van der Waals surface area contributed by atoms with Gasteiger partial charge in [-0.05, 0) is 34.5 Å². The fourth-order valence-corrected chi connectivity index (χ4v) is 1.82. The summed E-state index contributed by atoms with van der Waals surface area (Å²) in [7, 11) is 0. The summed E-state index contributed by atoms with van der Waals surface area (Å²) in [6.45, 7) is 2.90. The molecule has 0 atom stereocenters. The predicted molar refractivity (Wildman–Crippen MR) is 64.5 cm³/mol. The van der Waals surface area contributed by atoms with E-state index in [1.54, 1.807) is 12.1 Å². The van der Waals surface area contributed by atoms with Crippen molar-refractivity contribution in [2.45, 2.75) is 19.8 Å². The topological polar surface area (TPSA) is 49.3 Å². The molecular formula is C11H14BrNO2. The summed E-state index contributed by atoms with van der Waals surface area (Å²) in [5, 5.41) is 12.2. The lowest BCUT2D eigenvalue weighted by Gasteiger charge is -2.10. The summed E-state index contributed by atoms with van der Waals surface area (Å²) < 4.78 is 0.608. The fraction of sp³-hybridized carbons (Fsp3) is 0.364. The number of carbonyl (C=O) groups is 1. The highest BCUT2D eigenvalue weighted by Crippen LogP contribution is 2.24. The van der Waals surface area contributed by atoms with E-state index in [1.165, 1.54) is 0 Å². The molecule has 0 aliphatic carbocycles. The van der Waals surface area contributed by atoms with Crippen LogP contribution in [0, 0.1) is 0 Å². The number of carboxylic acids is 1. The summed E-state index contributed by atoms with van der Waals surface area (Å²) in [4.78, 5) is 11.0. The maximum atomic E-state index is 11.0. The van der Waals surface area contributed by atoms with Crippen LogP contribution in [-0.4, -0.2) is 17.6 Å². The van der Waals surface area contributed by atoms with Crippen LogP contribution >= 0.6 is 15.9 Å². The molecule has 0 bridgehead atoms. The molecule has 1 aromatic rings. The summed E-state index contributed by atoms with van der Waals surface area (Å²) in [5.41, 5.74) is 0.971. The van der Waals surface area contributed by atoms with Crippen LogP contribution in [0.1, 0.15) is 30.1 Å². The third-order valence-corrected chi connectivity index (χ3v) is 2.73. The van der Waals surface area contributed by atoms with Crippen molar-refractivity contribution in [1.82, 2.24) is 0 Å². The lowest BCUT2D eigenvalue weighted by molar-refractivity contribution is 0.0697. The molecule has 0 saturated carbocycles. The number of benzene rings is 1. The number of rotatable bonds is 5. The molecule has 1 rings (SSSR count). The number of halogens is 1. The minimum Gasteiger partial charge on any atom is -0.478 e. The summed E-state index contributed by atoms with van der Waals surface area (Å²) in [5.74, 6) is -0.915. The minimum absolute atomic E-state index is 0.300. The number of unbranched alkanes of at least 4 members (excludes halogenated alkanes) is 1. The van der Waals surface area contributed by atoms with Gasteiger partial charge in [-0.15, -0.1) is 0 Å². The van der Waals surface area contributed by atoms with Crippen molar-refractivity contribution < 1.29 is 9.90 Å². The van der Waals surface area contributed by atoms with Gasteiger partial charge >= 0.3 is 5.97 Å². The van der Waals surface area contributed by atoms with Crippen LogP contribution in [-0.2, 0) is 0 Å². The summed E-state index contributed by atoms with van der Waals surface area (Å²) in [6.07, 6.45) is 2.12. The third-order valence-electron chi connectivity index (χ3n) is 2.07. The molecule has 0 radical (unpaired) electrons. The molecule has 15 heavy (non-hydrogen) atoms. The van der Waals surface area contributed by atoms with E-state index in [1.807, 2.05) is 6.07 Å². The van der Waals surface area contributed by atoms with E-state index in [-0.39, 0.29) is 0 Å². The highest BCUT2D eigenvalue weighted by atomic mass is 79.9. The lowest BCUT2D eigenvalue weighted by atomic mass is 10.1. The molecule has 0 aliphatic heterocycles. The van der Waals surface area contributed by atoms with Crippen molar-refractivity contribution >= 4 is 27.6 Å². The molecule has 0 aromatic heterocycles. The first-order valence-corrected chi connectivity index (χ1v) is 5.71. The second-order valence-corrected chi connectivity index (χ2v) is 4.10. The monoisotopic (exact) mass is 271 g/mol. The van der Waals surface area contributed by atoms with E-state index in [2.05, 4.69) is 28.2 Å². The maximum Gasteiger partial charge on any atom is 0.338 e. The van der Waals surface area contributed by atoms with E-state index in [4.69, 9.17) is 5.11 Å². The average molecular weight is 272 g/mol. The van der Waals surface area contributed by atoms with Gasteiger partial charge in [0.25, 0.3) is 0 Å². The lowest BCUT2D eigenvalue weighted by Crippen LogP contribution is -2.08. The number of carboxylic acid groups (broad SMARTS) is 1. The smallest absolute Gasteiger partial charge is 0.338 e. The third kappa shape index (κ3) is 3.23. The molecule has 3 nitrogen and oxygen atoms in total. The standard InChI is InChI=1S/C11H14BrNO2/c1-2-3-7-13-9-6-4-5-8(12)10(9)11(14)15/h4-6,13H,2-3,7H2,1H3,(H,14,15). The normalized spacial score (nSPS) is 10.0. The Kier molecular flexibility index (Phi) is 4.62. The Hall–Kier alpha value is -1.03. The van der Waals surface area contributed by atoms with Crippen molar-refractivity contribution in [2.24, 2.45) is 0 Å². The number of nitrogens with one attached hydrogen (secondary N) is 1. The molecule has 0 fully saturated rings. The highest BCUT2D eigenvalue weighted by Gasteiger charge is 2.12. The molecule has 2 N–H and O–H groups in total. The van der Waals surface area contributed by atoms with Gasteiger partial charge in [0.05, 0.1) is 5.56 Å². The number of hydrogen-bond acceptors (Lipinski definition) is 2. The van der Waals surface area contributed by atoms with E-state index in [0.29, 0.717) is 15.7 Å². The van der Waals surface area contributed by atoms with Crippen LogP contribution < -0.4 is 5.32 Å². The number of anilines is 1.